The van der Waals surface area contributed by atoms with Crippen LogP contribution in [0.4, 0.5) is 9.18 Å². The summed E-state index contributed by atoms with van der Waals surface area (Å²) in [4.78, 5) is 26.7. The zero-order chi connectivity index (χ0) is 25.1. The molecule has 1 aliphatic rings. The highest BCUT2D eigenvalue weighted by Crippen LogP contribution is 2.40. The Bertz CT molecular complexity index is 1340. The molecule has 180 valence electrons. The van der Waals surface area contributed by atoms with Crippen molar-refractivity contribution in [3.05, 3.63) is 97.6 Å². The van der Waals surface area contributed by atoms with E-state index < -0.39 is 17.0 Å². The third-order valence-corrected chi connectivity index (χ3v) is 6.94. The number of nitrogens with zero attached hydrogens (tertiary/aromatic N) is 1. The van der Waals surface area contributed by atoms with Gasteiger partial charge in [0.1, 0.15) is 12.4 Å². The Kier molecular flexibility index (Phi) is 7.69. The number of amides is 2. The molecule has 0 aromatic heterocycles. The van der Waals surface area contributed by atoms with E-state index in [0.29, 0.717) is 34.3 Å². The Morgan fingerprint density at radius 1 is 1.03 bits per heavy atom. The molecule has 5 nitrogen and oxygen atoms in total. The fourth-order valence-electron chi connectivity index (χ4n) is 3.49. The fourth-order valence-corrected chi connectivity index (χ4v) is 4.83. The third-order valence-electron chi connectivity index (χ3n) is 5.40. The van der Waals surface area contributed by atoms with Crippen molar-refractivity contribution in [3.8, 4) is 11.5 Å². The second kappa shape index (κ2) is 10.7. The van der Waals surface area contributed by atoms with E-state index >= 15 is 0 Å². The molecule has 3 aromatic carbocycles. The van der Waals surface area contributed by atoms with Crippen LogP contribution in [0.15, 0.2) is 59.5 Å². The Labute approximate surface area is 216 Å². The predicted molar refractivity (Wildman–Crippen MR) is 136 cm³/mol. The number of carbonyl (C=O) groups excluding carboxylic acids is 2. The molecule has 4 rings (SSSR count). The zero-order valence-electron chi connectivity index (χ0n) is 18.8. The number of methoxy groups -OCH3 is 1. The Morgan fingerprint density at radius 3 is 2.51 bits per heavy atom. The fraction of sp³-hybridized carbons (Fsp3) is 0.154. The summed E-state index contributed by atoms with van der Waals surface area (Å²) in [6, 6.07) is 15.0. The van der Waals surface area contributed by atoms with Gasteiger partial charge in [-0.15, -0.1) is 0 Å². The minimum Gasteiger partial charge on any atom is -0.493 e. The SMILES string of the molecule is COc1cc(/C=C2\SC(=O)N(Cc3ccc(F)cc3Cl)C2=O)cc(Cl)c1OCc1ccccc1C. The smallest absolute Gasteiger partial charge is 0.293 e. The molecule has 0 aliphatic carbocycles. The molecule has 1 aliphatic heterocycles. The second-order valence-corrected chi connectivity index (χ2v) is 9.56. The highest BCUT2D eigenvalue weighted by molar-refractivity contribution is 8.18. The van der Waals surface area contributed by atoms with Gasteiger partial charge < -0.3 is 9.47 Å². The van der Waals surface area contributed by atoms with Crippen molar-refractivity contribution in [2.45, 2.75) is 20.1 Å². The van der Waals surface area contributed by atoms with E-state index in [9.17, 15) is 14.0 Å². The van der Waals surface area contributed by atoms with E-state index in [0.717, 1.165) is 33.9 Å². The van der Waals surface area contributed by atoms with Crippen LogP contribution in [0, 0.1) is 12.7 Å². The van der Waals surface area contributed by atoms with E-state index in [2.05, 4.69) is 0 Å². The summed E-state index contributed by atoms with van der Waals surface area (Å²) in [5, 5.41) is 0.00484. The number of ether oxygens (including phenoxy) is 2. The lowest BCUT2D eigenvalue weighted by molar-refractivity contribution is -0.123. The first-order valence-corrected chi connectivity index (χ1v) is 12.1. The number of hydrogen-bond acceptors (Lipinski definition) is 5. The molecule has 0 atom stereocenters. The minimum atomic E-state index is -0.495. The quantitative estimate of drug-likeness (QED) is 0.300. The Morgan fingerprint density at radius 2 is 1.80 bits per heavy atom. The first-order valence-electron chi connectivity index (χ1n) is 10.5. The molecule has 1 fully saturated rings. The number of carbonyl (C=O) groups is 2. The molecular weight excluding hydrogens is 512 g/mol. The van der Waals surface area contributed by atoms with Gasteiger partial charge in [0.05, 0.1) is 23.6 Å². The van der Waals surface area contributed by atoms with Crippen molar-refractivity contribution >= 4 is 52.2 Å². The van der Waals surface area contributed by atoms with Gasteiger partial charge in [-0.3, -0.25) is 14.5 Å². The summed E-state index contributed by atoms with van der Waals surface area (Å²) in [5.41, 5.74) is 3.15. The molecule has 0 N–H and O–H groups in total. The van der Waals surface area contributed by atoms with Gasteiger partial charge >= 0.3 is 0 Å². The summed E-state index contributed by atoms with van der Waals surface area (Å²) in [7, 11) is 1.50. The third kappa shape index (κ3) is 5.64. The zero-order valence-corrected chi connectivity index (χ0v) is 21.1. The minimum absolute atomic E-state index is 0.0587. The lowest BCUT2D eigenvalue weighted by Crippen LogP contribution is -2.27. The van der Waals surface area contributed by atoms with E-state index in [-0.39, 0.29) is 16.5 Å². The molecule has 0 bridgehead atoms. The van der Waals surface area contributed by atoms with Gasteiger partial charge in [-0.2, -0.15) is 0 Å². The van der Waals surface area contributed by atoms with E-state index in [1.54, 1.807) is 18.2 Å². The van der Waals surface area contributed by atoms with Crippen molar-refractivity contribution in [3.63, 3.8) is 0 Å². The average Bonchev–Trinajstić information content (AvgIpc) is 3.08. The van der Waals surface area contributed by atoms with Crippen molar-refractivity contribution in [2.75, 3.05) is 7.11 Å². The maximum absolute atomic E-state index is 13.3. The summed E-state index contributed by atoms with van der Waals surface area (Å²) < 4.78 is 24.7. The summed E-state index contributed by atoms with van der Waals surface area (Å²) >= 11 is 13.3. The van der Waals surface area contributed by atoms with Crippen molar-refractivity contribution < 1.29 is 23.5 Å². The van der Waals surface area contributed by atoms with Crippen LogP contribution >= 0.6 is 35.0 Å². The maximum atomic E-state index is 13.3. The van der Waals surface area contributed by atoms with Gasteiger partial charge in [-0.25, -0.2) is 4.39 Å². The standard InChI is InChI=1S/C26H20Cl2FNO4S/c1-15-5-3-4-6-18(15)14-34-24-21(28)9-16(10-22(24)33-2)11-23-25(31)30(26(32)35-23)13-17-7-8-19(29)12-20(17)27/h3-12H,13-14H2,1-2H3/b23-11-. The largest absolute Gasteiger partial charge is 0.493 e. The molecule has 0 radical (unpaired) electrons. The van der Waals surface area contributed by atoms with E-state index in [4.69, 9.17) is 32.7 Å². The molecule has 0 spiro atoms. The second-order valence-electron chi connectivity index (χ2n) is 7.75. The van der Waals surface area contributed by atoms with Crippen molar-refractivity contribution in [1.29, 1.82) is 0 Å². The van der Waals surface area contributed by atoms with E-state index in [1.165, 1.54) is 19.2 Å². The van der Waals surface area contributed by atoms with Crippen molar-refractivity contribution in [1.82, 2.24) is 4.90 Å². The number of halogens is 3. The van der Waals surface area contributed by atoms with Gasteiger partial charge in [-0.05, 0) is 71.3 Å². The number of thioether (sulfide) groups is 1. The topological polar surface area (TPSA) is 55.8 Å². The number of benzene rings is 3. The number of aryl methyl sites for hydroxylation is 1. The van der Waals surface area contributed by atoms with Gasteiger partial charge in [0.15, 0.2) is 11.5 Å². The number of rotatable bonds is 7. The van der Waals surface area contributed by atoms with Crippen LogP contribution in [0.25, 0.3) is 6.08 Å². The first-order chi connectivity index (χ1) is 16.8. The highest BCUT2D eigenvalue weighted by Gasteiger charge is 2.35. The Balaban J connectivity index is 1.54. The molecule has 1 heterocycles. The normalized spacial score (nSPS) is 14.7. The van der Waals surface area contributed by atoms with Crippen LogP contribution in [0.3, 0.4) is 0 Å². The molecule has 35 heavy (non-hydrogen) atoms. The van der Waals surface area contributed by atoms with Gasteiger partial charge in [0.25, 0.3) is 11.1 Å². The molecular formula is C26H20Cl2FNO4S. The maximum Gasteiger partial charge on any atom is 0.293 e. The number of imide groups is 1. The molecule has 9 heteroatoms. The lowest BCUT2D eigenvalue weighted by Gasteiger charge is -2.15. The molecule has 3 aromatic rings. The van der Waals surface area contributed by atoms with Crippen LogP contribution in [-0.2, 0) is 17.9 Å². The van der Waals surface area contributed by atoms with Crippen LogP contribution in [-0.4, -0.2) is 23.2 Å². The van der Waals surface area contributed by atoms with Crippen LogP contribution < -0.4 is 9.47 Å². The summed E-state index contributed by atoms with van der Waals surface area (Å²) in [6.07, 6.45) is 1.57. The first kappa shape index (κ1) is 25.1. The monoisotopic (exact) mass is 531 g/mol. The van der Waals surface area contributed by atoms with Crippen LogP contribution in [0.1, 0.15) is 22.3 Å². The highest BCUT2D eigenvalue weighted by atomic mass is 35.5. The lowest BCUT2D eigenvalue weighted by atomic mass is 10.1. The predicted octanol–water partition coefficient (Wildman–Crippen LogP) is 7.27. The van der Waals surface area contributed by atoms with Gasteiger partial charge in [-0.1, -0.05) is 53.5 Å². The average molecular weight is 532 g/mol. The molecule has 2 amide bonds. The van der Waals surface area contributed by atoms with Gasteiger partial charge in [0.2, 0.25) is 0 Å². The molecule has 0 saturated carbocycles. The number of hydrogen-bond donors (Lipinski definition) is 0. The molecule has 0 unspecified atom stereocenters. The van der Waals surface area contributed by atoms with E-state index in [1.807, 2.05) is 31.2 Å². The molecule has 1 saturated heterocycles. The van der Waals surface area contributed by atoms with Crippen LogP contribution in [0.2, 0.25) is 10.0 Å². The summed E-state index contributed by atoms with van der Waals surface area (Å²) in [6.45, 7) is 2.25. The van der Waals surface area contributed by atoms with Crippen molar-refractivity contribution in [2.24, 2.45) is 0 Å². The van der Waals surface area contributed by atoms with Gasteiger partial charge in [0, 0.05) is 5.02 Å². The summed E-state index contributed by atoms with van der Waals surface area (Å²) in [5.74, 6) is -0.191. The Hall–Kier alpha value is -3.00. The van der Waals surface area contributed by atoms with Crippen LogP contribution in [0.5, 0.6) is 11.5 Å².